The molecule has 80 valence electrons. The van der Waals surface area contributed by atoms with Gasteiger partial charge in [0.25, 0.3) is 0 Å². The van der Waals surface area contributed by atoms with Crippen LogP contribution in [0.15, 0.2) is 18.3 Å². The van der Waals surface area contributed by atoms with Gasteiger partial charge in [0.05, 0.1) is 23.9 Å². The molecule has 0 spiro atoms. The third-order valence-electron chi connectivity index (χ3n) is 2.94. The summed E-state index contributed by atoms with van der Waals surface area (Å²) < 4.78 is 4.59. The van der Waals surface area contributed by atoms with Gasteiger partial charge in [-0.3, -0.25) is 4.98 Å². The first-order valence-corrected chi connectivity index (χ1v) is 4.99. The Kier molecular flexibility index (Phi) is 2.44. The highest BCUT2D eigenvalue weighted by Gasteiger charge is 2.35. The molecule has 1 aliphatic rings. The number of hydrogen-bond acceptors (Lipinski definition) is 4. The number of ether oxygens (including phenoxy) is 1. The minimum absolute atomic E-state index is 0.269. The van der Waals surface area contributed by atoms with E-state index in [-0.39, 0.29) is 11.5 Å². The summed E-state index contributed by atoms with van der Waals surface area (Å²) in [7, 11) is 1.35. The molecule has 15 heavy (non-hydrogen) atoms. The van der Waals surface area contributed by atoms with Crippen LogP contribution in [0.4, 0.5) is 0 Å². The maximum atomic E-state index is 11.2. The SMILES string of the molecule is COC(=O)c1ccc(C2(N)CCC2)nc1. The number of nitrogens with zero attached hydrogens (tertiary/aromatic N) is 1. The summed E-state index contributed by atoms with van der Waals surface area (Å²) in [5.74, 6) is -0.367. The molecule has 4 nitrogen and oxygen atoms in total. The molecule has 1 aliphatic carbocycles. The number of carbonyl (C=O) groups excluding carboxylic acids is 1. The van der Waals surface area contributed by atoms with Gasteiger partial charge in [0.15, 0.2) is 0 Å². The van der Waals surface area contributed by atoms with Gasteiger partial charge in [-0.05, 0) is 31.4 Å². The van der Waals surface area contributed by atoms with E-state index >= 15 is 0 Å². The Morgan fingerprint density at radius 1 is 1.53 bits per heavy atom. The summed E-state index contributed by atoms with van der Waals surface area (Å²) in [5, 5.41) is 0. The lowest BCUT2D eigenvalue weighted by atomic mass is 9.75. The standard InChI is InChI=1S/C11H14N2O2/c1-15-10(14)8-3-4-9(13-7-8)11(12)5-2-6-11/h3-4,7H,2,5-6,12H2,1H3. The molecule has 1 aromatic heterocycles. The molecule has 0 amide bonds. The van der Waals surface area contributed by atoms with Crippen molar-refractivity contribution in [1.82, 2.24) is 4.98 Å². The average Bonchev–Trinajstić information content (AvgIpc) is 2.25. The lowest BCUT2D eigenvalue weighted by molar-refractivity contribution is 0.0600. The van der Waals surface area contributed by atoms with Crippen LogP contribution in [-0.2, 0) is 10.3 Å². The summed E-state index contributed by atoms with van der Waals surface area (Å²) in [4.78, 5) is 15.4. The van der Waals surface area contributed by atoms with E-state index in [0.717, 1.165) is 25.0 Å². The molecule has 0 saturated heterocycles. The minimum Gasteiger partial charge on any atom is -0.465 e. The summed E-state index contributed by atoms with van der Waals surface area (Å²) in [6, 6.07) is 3.52. The summed E-state index contributed by atoms with van der Waals surface area (Å²) in [6.07, 6.45) is 4.61. The highest BCUT2D eigenvalue weighted by molar-refractivity contribution is 5.88. The molecule has 1 aromatic rings. The first-order chi connectivity index (χ1) is 7.15. The average molecular weight is 206 g/mol. The van der Waals surface area contributed by atoms with Crippen LogP contribution in [0.1, 0.15) is 35.3 Å². The van der Waals surface area contributed by atoms with E-state index < -0.39 is 0 Å². The molecule has 2 rings (SSSR count). The summed E-state index contributed by atoms with van der Waals surface area (Å²) >= 11 is 0. The van der Waals surface area contributed by atoms with Crippen molar-refractivity contribution in [2.45, 2.75) is 24.8 Å². The zero-order valence-corrected chi connectivity index (χ0v) is 8.69. The smallest absolute Gasteiger partial charge is 0.339 e. The van der Waals surface area contributed by atoms with E-state index in [2.05, 4.69) is 9.72 Å². The Balaban J connectivity index is 2.20. The van der Waals surface area contributed by atoms with Crippen molar-refractivity contribution in [2.75, 3.05) is 7.11 Å². The van der Waals surface area contributed by atoms with Crippen LogP contribution in [-0.4, -0.2) is 18.1 Å². The Hall–Kier alpha value is -1.42. The van der Waals surface area contributed by atoms with Gasteiger partial charge in [0, 0.05) is 6.20 Å². The van der Waals surface area contributed by atoms with Gasteiger partial charge in [0.2, 0.25) is 0 Å². The van der Waals surface area contributed by atoms with E-state index in [4.69, 9.17) is 5.73 Å². The Morgan fingerprint density at radius 3 is 2.67 bits per heavy atom. The van der Waals surface area contributed by atoms with E-state index in [1.165, 1.54) is 13.3 Å². The van der Waals surface area contributed by atoms with Crippen LogP contribution >= 0.6 is 0 Å². The number of esters is 1. The predicted octanol–water partition coefficient (Wildman–Crippen LogP) is 1.21. The summed E-state index contributed by atoms with van der Waals surface area (Å²) in [5.41, 5.74) is 7.16. The molecular weight excluding hydrogens is 192 g/mol. The number of methoxy groups -OCH3 is 1. The highest BCUT2D eigenvalue weighted by atomic mass is 16.5. The second-order valence-electron chi connectivity index (χ2n) is 3.93. The molecule has 4 heteroatoms. The minimum atomic E-state index is -0.367. The zero-order chi connectivity index (χ0) is 10.9. The molecule has 0 unspecified atom stereocenters. The van der Waals surface area contributed by atoms with Crippen LogP contribution in [0.5, 0.6) is 0 Å². The van der Waals surface area contributed by atoms with Crippen LogP contribution in [0.25, 0.3) is 0 Å². The van der Waals surface area contributed by atoms with Crippen molar-refractivity contribution in [2.24, 2.45) is 5.73 Å². The number of rotatable bonds is 2. The third kappa shape index (κ3) is 1.72. The van der Waals surface area contributed by atoms with Crippen LogP contribution in [0.3, 0.4) is 0 Å². The quantitative estimate of drug-likeness (QED) is 0.738. The molecule has 2 N–H and O–H groups in total. The van der Waals surface area contributed by atoms with Gasteiger partial charge < -0.3 is 10.5 Å². The molecule has 1 heterocycles. The molecule has 0 atom stereocenters. The molecule has 1 saturated carbocycles. The van der Waals surface area contributed by atoms with Crippen LogP contribution in [0.2, 0.25) is 0 Å². The van der Waals surface area contributed by atoms with Crippen molar-refractivity contribution in [1.29, 1.82) is 0 Å². The molecule has 0 bridgehead atoms. The second kappa shape index (κ2) is 3.62. The number of pyridine rings is 1. The predicted molar refractivity (Wildman–Crippen MR) is 55.3 cm³/mol. The van der Waals surface area contributed by atoms with Crippen LogP contribution in [0, 0.1) is 0 Å². The Morgan fingerprint density at radius 2 is 2.27 bits per heavy atom. The largest absolute Gasteiger partial charge is 0.465 e. The van der Waals surface area contributed by atoms with Crippen molar-refractivity contribution in [3.8, 4) is 0 Å². The van der Waals surface area contributed by atoms with Gasteiger partial charge in [0.1, 0.15) is 0 Å². The zero-order valence-electron chi connectivity index (χ0n) is 8.69. The van der Waals surface area contributed by atoms with E-state index in [1.807, 2.05) is 6.07 Å². The fourth-order valence-electron chi connectivity index (χ4n) is 1.74. The Labute approximate surface area is 88.4 Å². The normalized spacial score (nSPS) is 18.0. The number of nitrogens with two attached hydrogens (primary N) is 1. The molecule has 1 fully saturated rings. The topological polar surface area (TPSA) is 65.2 Å². The molecule has 0 radical (unpaired) electrons. The monoisotopic (exact) mass is 206 g/mol. The number of aromatic nitrogens is 1. The van der Waals surface area contributed by atoms with Crippen LogP contribution < -0.4 is 5.73 Å². The third-order valence-corrected chi connectivity index (χ3v) is 2.94. The van der Waals surface area contributed by atoms with Gasteiger partial charge in [-0.25, -0.2) is 4.79 Å². The van der Waals surface area contributed by atoms with E-state index in [0.29, 0.717) is 5.56 Å². The lowest BCUT2D eigenvalue weighted by Gasteiger charge is -2.37. The fraction of sp³-hybridized carbons (Fsp3) is 0.455. The molecule has 0 aromatic carbocycles. The first-order valence-electron chi connectivity index (χ1n) is 4.99. The van der Waals surface area contributed by atoms with Crippen molar-refractivity contribution < 1.29 is 9.53 Å². The van der Waals surface area contributed by atoms with Gasteiger partial charge >= 0.3 is 5.97 Å². The van der Waals surface area contributed by atoms with E-state index in [1.54, 1.807) is 6.07 Å². The maximum Gasteiger partial charge on any atom is 0.339 e. The first kappa shape index (κ1) is 10.1. The van der Waals surface area contributed by atoms with Gasteiger partial charge in [-0.1, -0.05) is 0 Å². The molecule has 0 aliphatic heterocycles. The Bertz CT molecular complexity index is 369. The van der Waals surface area contributed by atoms with Crippen molar-refractivity contribution in [3.63, 3.8) is 0 Å². The number of carbonyl (C=O) groups is 1. The lowest BCUT2D eigenvalue weighted by Crippen LogP contribution is -2.44. The second-order valence-corrected chi connectivity index (χ2v) is 3.93. The highest BCUT2D eigenvalue weighted by Crippen LogP contribution is 2.37. The maximum absolute atomic E-state index is 11.2. The van der Waals surface area contributed by atoms with Gasteiger partial charge in [-0.2, -0.15) is 0 Å². The fourth-order valence-corrected chi connectivity index (χ4v) is 1.74. The van der Waals surface area contributed by atoms with Gasteiger partial charge in [-0.15, -0.1) is 0 Å². The molecular formula is C11H14N2O2. The van der Waals surface area contributed by atoms with Crippen molar-refractivity contribution in [3.05, 3.63) is 29.6 Å². The number of hydrogen-bond donors (Lipinski definition) is 1. The van der Waals surface area contributed by atoms with E-state index in [9.17, 15) is 4.79 Å². The van der Waals surface area contributed by atoms with Crippen molar-refractivity contribution >= 4 is 5.97 Å². The summed E-state index contributed by atoms with van der Waals surface area (Å²) in [6.45, 7) is 0.